The smallest absolute Gasteiger partial charge is 0.248 e. The molecular formula is C23H28N2O5. The topological polar surface area (TPSA) is 85.9 Å². The van der Waals surface area contributed by atoms with E-state index in [1.165, 1.54) is 20.1 Å². The molecule has 0 aliphatic rings. The van der Waals surface area contributed by atoms with Crippen molar-refractivity contribution in [3.8, 4) is 17.2 Å². The molecule has 0 aromatic heterocycles. The summed E-state index contributed by atoms with van der Waals surface area (Å²) < 4.78 is 16.4. The average molecular weight is 412 g/mol. The number of hydrogen-bond acceptors (Lipinski definition) is 5. The molecule has 0 heterocycles. The number of methoxy groups -OCH3 is 2. The van der Waals surface area contributed by atoms with Gasteiger partial charge in [0.05, 0.1) is 26.5 Å². The maximum Gasteiger partial charge on any atom is 0.248 e. The second-order valence-electron chi connectivity index (χ2n) is 7.03. The van der Waals surface area contributed by atoms with Crippen LogP contribution in [-0.2, 0) is 9.59 Å². The van der Waals surface area contributed by atoms with Crippen LogP contribution in [0.2, 0.25) is 0 Å². The number of carbonyl (C=O) groups is 2. The summed E-state index contributed by atoms with van der Waals surface area (Å²) in [4.78, 5) is 23.6. The minimum atomic E-state index is -0.340. The lowest BCUT2D eigenvalue weighted by Crippen LogP contribution is -2.10. The van der Waals surface area contributed by atoms with Gasteiger partial charge in [0.15, 0.2) is 11.5 Å². The number of hydrogen-bond donors (Lipinski definition) is 2. The number of benzene rings is 2. The lowest BCUT2D eigenvalue weighted by molar-refractivity contribution is -0.114. The van der Waals surface area contributed by atoms with Crippen molar-refractivity contribution in [3.05, 3.63) is 48.0 Å². The van der Waals surface area contributed by atoms with E-state index in [9.17, 15) is 9.59 Å². The molecular weight excluding hydrogens is 384 g/mol. The fourth-order valence-corrected chi connectivity index (χ4v) is 2.60. The van der Waals surface area contributed by atoms with Crippen molar-refractivity contribution in [1.82, 2.24) is 0 Å². The third-order valence-electron chi connectivity index (χ3n) is 3.96. The Labute approximate surface area is 177 Å². The lowest BCUT2D eigenvalue weighted by atomic mass is 10.1. The van der Waals surface area contributed by atoms with Crippen molar-refractivity contribution in [1.29, 1.82) is 0 Å². The minimum absolute atomic E-state index is 0.202. The van der Waals surface area contributed by atoms with Crippen LogP contribution in [0.25, 0.3) is 6.08 Å². The molecule has 0 saturated heterocycles. The van der Waals surface area contributed by atoms with Crippen LogP contribution in [0.4, 0.5) is 11.4 Å². The van der Waals surface area contributed by atoms with Crippen LogP contribution < -0.4 is 24.8 Å². The van der Waals surface area contributed by atoms with E-state index in [-0.39, 0.29) is 11.8 Å². The van der Waals surface area contributed by atoms with Crippen LogP contribution in [-0.4, -0.2) is 32.6 Å². The first kappa shape index (κ1) is 22.8. The number of amides is 2. The van der Waals surface area contributed by atoms with Crippen molar-refractivity contribution in [2.75, 3.05) is 31.5 Å². The van der Waals surface area contributed by atoms with Crippen molar-refractivity contribution < 1.29 is 23.8 Å². The van der Waals surface area contributed by atoms with Gasteiger partial charge in [0.2, 0.25) is 11.8 Å². The third kappa shape index (κ3) is 6.84. The average Bonchev–Trinajstić information content (AvgIpc) is 2.70. The highest BCUT2D eigenvalue weighted by atomic mass is 16.5. The van der Waals surface area contributed by atoms with E-state index < -0.39 is 0 Å². The summed E-state index contributed by atoms with van der Waals surface area (Å²) in [5.41, 5.74) is 1.80. The van der Waals surface area contributed by atoms with Gasteiger partial charge in [0, 0.05) is 18.7 Å². The number of carbonyl (C=O) groups excluding carboxylic acids is 2. The SMILES string of the molecule is COc1ccc(NC(C)=O)cc1NC(=O)/C=C/c1ccc(OCC(C)C)c(OC)c1. The summed E-state index contributed by atoms with van der Waals surface area (Å²) in [5.74, 6) is 1.60. The molecule has 30 heavy (non-hydrogen) atoms. The van der Waals surface area contributed by atoms with Gasteiger partial charge in [-0.05, 0) is 47.9 Å². The Balaban J connectivity index is 2.11. The van der Waals surface area contributed by atoms with Gasteiger partial charge >= 0.3 is 0 Å². The highest BCUT2D eigenvalue weighted by Gasteiger charge is 2.09. The predicted octanol–water partition coefficient (Wildman–Crippen LogP) is 4.35. The Bertz CT molecular complexity index is 922. The summed E-state index contributed by atoms with van der Waals surface area (Å²) in [6, 6.07) is 10.5. The number of rotatable bonds is 9. The molecule has 0 aliphatic carbocycles. The molecule has 2 N–H and O–H groups in total. The first-order chi connectivity index (χ1) is 14.3. The quantitative estimate of drug-likeness (QED) is 0.598. The Morgan fingerprint density at radius 1 is 0.967 bits per heavy atom. The third-order valence-corrected chi connectivity index (χ3v) is 3.96. The first-order valence-electron chi connectivity index (χ1n) is 9.58. The van der Waals surface area contributed by atoms with Crippen LogP contribution in [0.3, 0.4) is 0 Å². The van der Waals surface area contributed by atoms with Gasteiger partial charge in [-0.15, -0.1) is 0 Å². The van der Waals surface area contributed by atoms with E-state index in [2.05, 4.69) is 24.5 Å². The Kier molecular flexibility index (Phi) is 8.29. The molecule has 2 aromatic rings. The van der Waals surface area contributed by atoms with E-state index >= 15 is 0 Å². The molecule has 0 saturated carbocycles. The lowest BCUT2D eigenvalue weighted by Gasteiger charge is -2.13. The second-order valence-corrected chi connectivity index (χ2v) is 7.03. The molecule has 0 bridgehead atoms. The van der Waals surface area contributed by atoms with Crippen LogP contribution in [0.1, 0.15) is 26.3 Å². The Morgan fingerprint density at radius 3 is 2.30 bits per heavy atom. The molecule has 7 heteroatoms. The highest BCUT2D eigenvalue weighted by Crippen LogP contribution is 2.30. The monoisotopic (exact) mass is 412 g/mol. The zero-order valence-electron chi connectivity index (χ0n) is 17.9. The molecule has 2 aromatic carbocycles. The number of nitrogens with one attached hydrogen (secondary N) is 2. The molecule has 0 atom stereocenters. The van der Waals surface area contributed by atoms with E-state index in [1.807, 2.05) is 12.1 Å². The van der Waals surface area contributed by atoms with Crippen molar-refractivity contribution in [2.24, 2.45) is 5.92 Å². The maximum absolute atomic E-state index is 12.4. The number of ether oxygens (including phenoxy) is 3. The standard InChI is InChI=1S/C23H28N2O5/c1-15(2)14-30-21-9-6-17(12-22(21)29-5)7-11-23(27)25-19-13-18(24-16(3)26)8-10-20(19)28-4/h6-13,15H,14H2,1-5H3,(H,24,26)(H,25,27)/b11-7+. The summed E-state index contributed by atoms with van der Waals surface area (Å²) in [6.07, 6.45) is 3.09. The molecule has 2 amide bonds. The largest absolute Gasteiger partial charge is 0.495 e. The van der Waals surface area contributed by atoms with Gasteiger partial charge < -0.3 is 24.8 Å². The van der Waals surface area contributed by atoms with Gasteiger partial charge in [-0.3, -0.25) is 9.59 Å². The predicted molar refractivity (Wildman–Crippen MR) is 118 cm³/mol. The maximum atomic E-state index is 12.4. The first-order valence-corrected chi connectivity index (χ1v) is 9.58. The van der Waals surface area contributed by atoms with Gasteiger partial charge in [-0.2, -0.15) is 0 Å². The van der Waals surface area contributed by atoms with Crippen molar-refractivity contribution >= 4 is 29.3 Å². The van der Waals surface area contributed by atoms with E-state index in [0.29, 0.717) is 41.1 Å². The van der Waals surface area contributed by atoms with Gasteiger partial charge in [0.1, 0.15) is 5.75 Å². The van der Waals surface area contributed by atoms with Crippen molar-refractivity contribution in [3.63, 3.8) is 0 Å². The van der Waals surface area contributed by atoms with Gasteiger partial charge in [-0.1, -0.05) is 19.9 Å². The molecule has 0 unspecified atom stereocenters. The molecule has 0 spiro atoms. The summed E-state index contributed by atoms with van der Waals surface area (Å²) >= 11 is 0. The fourth-order valence-electron chi connectivity index (χ4n) is 2.60. The second kappa shape index (κ2) is 10.9. The highest BCUT2D eigenvalue weighted by molar-refractivity contribution is 6.03. The normalized spacial score (nSPS) is 10.7. The van der Waals surface area contributed by atoms with E-state index in [4.69, 9.17) is 14.2 Å². The summed E-state index contributed by atoms with van der Waals surface area (Å²) in [6.45, 7) is 6.15. The Hall–Kier alpha value is -3.48. The number of anilines is 2. The van der Waals surface area contributed by atoms with Crippen LogP contribution in [0.15, 0.2) is 42.5 Å². The van der Waals surface area contributed by atoms with Crippen LogP contribution in [0, 0.1) is 5.92 Å². The molecule has 0 aliphatic heterocycles. The molecule has 0 fully saturated rings. The molecule has 160 valence electrons. The minimum Gasteiger partial charge on any atom is -0.495 e. The van der Waals surface area contributed by atoms with Crippen molar-refractivity contribution in [2.45, 2.75) is 20.8 Å². The van der Waals surface area contributed by atoms with Gasteiger partial charge in [-0.25, -0.2) is 0 Å². The van der Waals surface area contributed by atoms with E-state index in [1.54, 1.807) is 37.5 Å². The van der Waals surface area contributed by atoms with Crippen LogP contribution in [0.5, 0.6) is 17.2 Å². The summed E-state index contributed by atoms with van der Waals surface area (Å²) in [5, 5.41) is 5.43. The molecule has 7 nitrogen and oxygen atoms in total. The Morgan fingerprint density at radius 2 is 1.67 bits per heavy atom. The fraction of sp³-hybridized carbons (Fsp3) is 0.304. The van der Waals surface area contributed by atoms with Crippen LogP contribution >= 0.6 is 0 Å². The molecule has 2 rings (SSSR count). The van der Waals surface area contributed by atoms with Gasteiger partial charge in [0.25, 0.3) is 0 Å². The van der Waals surface area contributed by atoms with E-state index in [0.717, 1.165) is 5.56 Å². The summed E-state index contributed by atoms with van der Waals surface area (Å²) in [7, 11) is 3.08. The molecule has 0 radical (unpaired) electrons. The zero-order chi connectivity index (χ0) is 22.1. The zero-order valence-corrected chi connectivity index (χ0v) is 17.9.